The van der Waals surface area contributed by atoms with Crippen molar-refractivity contribution in [2.24, 2.45) is 5.92 Å². The molecular formula is C13H12ClO3+. The third-order valence-electron chi connectivity index (χ3n) is 3.08. The highest BCUT2D eigenvalue weighted by Gasteiger charge is 2.37. The van der Waals surface area contributed by atoms with E-state index in [1.165, 1.54) is 0 Å². The van der Waals surface area contributed by atoms with E-state index >= 15 is 0 Å². The number of benzene rings is 1. The van der Waals surface area contributed by atoms with Crippen LogP contribution in [0.5, 0.6) is 0 Å². The van der Waals surface area contributed by atoms with Crippen molar-refractivity contribution in [3.8, 4) is 0 Å². The molecule has 1 aliphatic rings. The highest BCUT2D eigenvalue weighted by Crippen LogP contribution is 2.31. The van der Waals surface area contributed by atoms with Crippen LogP contribution in [-0.4, -0.2) is 22.6 Å². The summed E-state index contributed by atoms with van der Waals surface area (Å²) in [6.07, 6.45) is 1.27. The molecule has 0 amide bonds. The van der Waals surface area contributed by atoms with E-state index in [2.05, 4.69) is 0 Å². The van der Waals surface area contributed by atoms with Gasteiger partial charge in [-0.25, -0.2) is 0 Å². The Balaban J connectivity index is 2.20. The fraction of sp³-hybridized carbons (Fsp3) is 0.308. The molecule has 1 aromatic carbocycles. The number of carbonyl (C=O) groups excluding carboxylic acids is 3. The zero-order valence-corrected chi connectivity index (χ0v) is 9.85. The van der Waals surface area contributed by atoms with Crippen LogP contribution >= 0.6 is 11.6 Å². The zero-order chi connectivity index (χ0) is 12.4. The molecule has 1 aliphatic carbocycles. The Hall–Kier alpha value is -1.48. The molecule has 4 heteroatoms. The summed E-state index contributed by atoms with van der Waals surface area (Å²) in [5.74, 6) is -1.46. The lowest BCUT2D eigenvalue weighted by molar-refractivity contribution is -0.133. The van der Waals surface area contributed by atoms with Gasteiger partial charge in [-0.1, -0.05) is 23.7 Å². The summed E-state index contributed by atoms with van der Waals surface area (Å²) in [5.41, 5.74) is 0.937. The molecule has 0 bridgehead atoms. The summed E-state index contributed by atoms with van der Waals surface area (Å²) < 4.78 is 0. The molecular weight excluding hydrogens is 240 g/mol. The highest BCUT2D eigenvalue weighted by molar-refractivity contribution is 6.30. The minimum absolute atomic E-state index is 0.0940. The van der Waals surface area contributed by atoms with Crippen molar-refractivity contribution in [3.63, 3.8) is 0 Å². The van der Waals surface area contributed by atoms with Gasteiger partial charge in [0, 0.05) is 17.9 Å². The standard InChI is InChI=1S/C13H11ClO3/c14-10-3-1-8(2-4-10)9-5-12(16)11(7-15)13(17)6-9/h1-4,7,9,11H,5-6H2/p+1. The van der Waals surface area contributed by atoms with Crippen molar-refractivity contribution in [3.05, 3.63) is 34.9 Å². The van der Waals surface area contributed by atoms with Gasteiger partial charge in [-0.15, -0.1) is 0 Å². The third kappa shape index (κ3) is 2.44. The lowest BCUT2D eigenvalue weighted by atomic mass is 9.77. The van der Waals surface area contributed by atoms with Crippen molar-refractivity contribution in [1.82, 2.24) is 0 Å². The van der Waals surface area contributed by atoms with Gasteiger partial charge in [0.1, 0.15) is 0 Å². The zero-order valence-electron chi connectivity index (χ0n) is 9.10. The molecule has 1 N–H and O–H groups in total. The van der Waals surface area contributed by atoms with Crippen molar-refractivity contribution < 1.29 is 14.4 Å². The van der Waals surface area contributed by atoms with E-state index in [1.54, 1.807) is 12.1 Å². The average Bonchev–Trinajstić information content (AvgIpc) is 2.29. The fourth-order valence-corrected chi connectivity index (χ4v) is 2.25. The first-order chi connectivity index (χ1) is 8.11. The molecule has 17 heavy (non-hydrogen) atoms. The summed E-state index contributed by atoms with van der Waals surface area (Å²) in [6.45, 7) is 0. The van der Waals surface area contributed by atoms with Gasteiger partial charge < -0.3 is 0 Å². The normalized spacial score (nSPS) is 24.8. The van der Waals surface area contributed by atoms with Crippen LogP contribution in [-0.2, 0) is 9.59 Å². The largest absolute Gasteiger partial charge is 0.299 e. The number of hydrogen-bond acceptors (Lipinski definition) is 2. The molecule has 0 spiro atoms. The van der Waals surface area contributed by atoms with Gasteiger partial charge in [0.2, 0.25) is 0 Å². The van der Waals surface area contributed by atoms with Gasteiger partial charge in [-0.05, 0) is 23.6 Å². The van der Waals surface area contributed by atoms with Gasteiger partial charge in [0.15, 0.2) is 17.5 Å². The van der Waals surface area contributed by atoms with Gasteiger partial charge in [0.25, 0.3) is 6.29 Å². The van der Waals surface area contributed by atoms with E-state index in [4.69, 9.17) is 16.4 Å². The maximum Gasteiger partial charge on any atom is 0.299 e. The highest BCUT2D eigenvalue weighted by atomic mass is 35.5. The van der Waals surface area contributed by atoms with Gasteiger partial charge in [-0.3, -0.25) is 14.4 Å². The first-order valence-electron chi connectivity index (χ1n) is 5.40. The monoisotopic (exact) mass is 251 g/mol. The Kier molecular flexibility index (Phi) is 3.38. The second-order valence-electron chi connectivity index (χ2n) is 4.22. The van der Waals surface area contributed by atoms with Crippen LogP contribution in [0.3, 0.4) is 0 Å². The predicted molar refractivity (Wildman–Crippen MR) is 64.9 cm³/mol. The molecule has 3 nitrogen and oxygen atoms in total. The molecule has 0 atom stereocenters. The Labute approximate surface area is 104 Å². The lowest BCUT2D eigenvalue weighted by Gasteiger charge is -2.22. The quantitative estimate of drug-likeness (QED) is 0.459. The predicted octanol–water partition coefficient (Wildman–Crippen LogP) is 2.15. The van der Waals surface area contributed by atoms with Crippen LogP contribution < -0.4 is 0 Å². The van der Waals surface area contributed by atoms with Crippen molar-refractivity contribution in [2.75, 3.05) is 0 Å². The van der Waals surface area contributed by atoms with Crippen LogP contribution in [0.2, 0.25) is 5.02 Å². The molecule has 0 aromatic heterocycles. The Bertz CT molecular complexity index is 446. The van der Waals surface area contributed by atoms with E-state index in [1.807, 2.05) is 12.1 Å². The van der Waals surface area contributed by atoms with Crippen LogP contribution in [0.1, 0.15) is 24.3 Å². The lowest BCUT2D eigenvalue weighted by Crippen LogP contribution is -2.33. The van der Waals surface area contributed by atoms with Gasteiger partial charge in [0.05, 0.1) is 0 Å². The maximum absolute atomic E-state index is 11.6. The second-order valence-corrected chi connectivity index (χ2v) is 4.65. The number of aldehydes is 1. The average molecular weight is 252 g/mol. The second kappa shape index (κ2) is 4.80. The van der Waals surface area contributed by atoms with Gasteiger partial charge >= 0.3 is 0 Å². The smallest absolute Gasteiger partial charge is 0.298 e. The molecule has 0 unspecified atom stereocenters. The minimum Gasteiger partial charge on any atom is -0.298 e. The summed E-state index contributed by atoms with van der Waals surface area (Å²) in [5, 5.41) is 0.629. The Morgan fingerprint density at radius 1 is 1.12 bits per heavy atom. The van der Waals surface area contributed by atoms with Crippen LogP contribution in [0.25, 0.3) is 0 Å². The maximum atomic E-state index is 11.6. The number of carbonyl (C=O) groups is 2. The number of ketones is 2. The van der Waals surface area contributed by atoms with Crippen LogP contribution in [0.15, 0.2) is 24.3 Å². The van der Waals surface area contributed by atoms with E-state index in [9.17, 15) is 9.59 Å². The number of rotatable bonds is 2. The first kappa shape index (κ1) is 12.0. The summed E-state index contributed by atoms with van der Waals surface area (Å²) >= 11 is 5.78. The number of hydrogen-bond donors (Lipinski definition) is 0. The van der Waals surface area contributed by atoms with Crippen LogP contribution in [0.4, 0.5) is 0 Å². The Morgan fingerprint density at radius 2 is 1.65 bits per heavy atom. The topological polar surface area (TPSA) is 55.5 Å². The summed E-state index contributed by atoms with van der Waals surface area (Å²) in [4.78, 5) is 32.1. The fourth-order valence-electron chi connectivity index (χ4n) is 2.13. The van der Waals surface area contributed by atoms with E-state index in [0.717, 1.165) is 5.56 Å². The number of Topliss-reactive ketones (excluding diaryl/α,β-unsaturated/α-hetero) is 2. The van der Waals surface area contributed by atoms with E-state index in [-0.39, 0.29) is 30.3 Å². The minimum atomic E-state index is -0.932. The molecule has 0 radical (unpaired) electrons. The molecule has 88 valence electrons. The number of halogens is 1. The molecule has 0 aliphatic heterocycles. The SMILES string of the molecule is O=C1CC(c2ccc(Cl)cc2)CC(=O)C1C=[OH+]. The summed E-state index contributed by atoms with van der Waals surface area (Å²) in [7, 11) is 0. The van der Waals surface area contributed by atoms with Crippen molar-refractivity contribution in [2.45, 2.75) is 18.8 Å². The molecule has 0 saturated heterocycles. The molecule has 0 heterocycles. The van der Waals surface area contributed by atoms with E-state index < -0.39 is 5.92 Å². The molecule has 2 rings (SSSR count). The molecule has 1 saturated carbocycles. The van der Waals surface area contributed by atoms with E-state index in [0.29, 0.717) is 11.3 Å². The van der Waals surface area contributed by atoms with Crippen molar-refractivity contribution >= 4 is 29.5 Å². The van der Waals surface area contributed by atoms with Gasteiger partial charge in [-0.2, -0.15) is 0 Å². The molecule has 1 fully saturated rings. The van der Waals surface area contributed by atoms with Crippen LogP contribution in [0, 0.1) is 5.92 Å². The van der Waals surface area contributed by atoms with Crippen molar-refractivity contribution in [1.29, 1.82) is 0 Å². The third-order valence-corrected chi connectivity index (χ3v) is 3.33. The first-order valence-corrected chi connectivity index (χ1v) is 5.78. The Morgan fingerprint density at radius 3 is 2.12 bits per heavy atom. The summed E-state index contributed by atoms with van der Waals surface area (Å²) in [6, 6.07) is 7.15. The molecule has 1 aromatic rings.